The molecule has 0 saturated carbocycles. The highest BCUT2D eigenvalue weighted by atomic mass is 32.2. The largest absolute Gasteiger partial charge is 0.477 e. The SMILES string of the molecule is CCOc1ccc(-c2cccc(NS(C)(=O)=O)c2)nn1. The van der Waals surface area contributed by atoms with E-state index in [1.165, 1.54) is 0 Å². The van der Waals surface area contributed by atoms with Gasteiger partial charge in [0.2, 0.25) is 15.9 Å². The number of hydrogen-bond acceptors (Lipinski definition) is 5. The number of nitrogens with zero attached hydrogens (tertiary/aromatic N) is 2. The second-order valence-corrected chi connectivity index (χ2v) is 5.89. The molecule has 1 heterocycles. The maximum Gasteiger partial charge on any atom is 0.233 e. The number of nitrogens with one attached hydrogen (secondary N) is 1. The third kappa shape index (κ3) is 3.92. The van der Waals surface area contributed by atoms with Gasteiger partial charge in [-0.1, -0.05) is 12.1 Å². The second-order valence-electron chi connectivity index (χ2n) is 4.14. The molecule has 1 N–H and O–H groups in total. The molecule has 6 nitrogen and oxygen atoms in total. The zero-order valence-electron chi connectivity index (χ0n) is 11.2. The maximum absolute atomic E-state index is 11.2. The van der Waals surface area contributed by atoms with Crippen LogP contribution >= 0.6 is 0 Å². The van der Waals surface area contributed by atoms with E-state index in [0.29, 0.717) is 23.9 Å². The molecule has 0 bridgehead atoms. The Morgan fingerprint density at radius 3 is 2.60 bits per heavy atom. The molecule has 0 aliphatic carbocycles. The lowest BCUT2D eigenvalue weighted by Gasteiger charge is -2.06. The van der Waals surface area contributed by atoms with Gasteiger partial charge < -0.3 is 4.74 Å². The predicted molar refractivity (Wildman–Crippen MR) is 77.1 cm³/mol. The van der Waals surface area contributed by atoms with Crippen LogP contribution in [0, 0.1) is 0 Å². The van der Waals surface area contributed by atoms with Gasteiger partial charge in [0.05, 0.1) is 18.6 Å². The molecule has 20 heavy (non-hydrogen) atoms. The lowest BCUT2D eigenvalue weighted by atomic mass is 10.1. The summed E-state index contributed by atoms with van der Waals surface area (Å²) in [6, 6.07) is 10.5. The average molecular weight is 293 g/mol. The van der Waals surface area contributed by atoms with E-state index in [1.54, 1.807) is 30.3 Å². The molecule has 0 aliphatic rings. The van der Waals surface area contributed by atoms with Crippen LogP contribution in [0.2, 0.25) is 0 Å². The number of hydrogen-bond donors (Lipinski definition) is 1. The van der Waals surface area contributed by atoms with Gasteiger partial charge in [-0.25, -0.2) is 8.42 Å². The Bertz CT molecular complexity index is 684. The van der Waals surface area contributed by atoms with Crippen molar-refractivity contribution in [2.45, 2.75) is 6.92 Å². The Labute approximate surface area is 117 Å². The third-order valence-electron chi connectivity index (χ3n) is 2.39. The molecule has 0 aliphatic heterocycles. The lowest BCUT2D eigenvalue weighted by molar-refractivity contribution is 0.323. The van der Waals surface area contributed by atoms with Crippen molar-refractivity contribution in [3.63, 3.8) is 0 Å². The van der Waals surface area contributed by atoms with E-state index in [9.17, 15) is 8.42 Å². The zero-order chi connectivity index (χ0) is 14.6. The smallest absolute Gasteiger partial charge is 0.233 e. The van der Waals surface area contributed by atoms with Crippen molar-refractivity contribution in [2.75, 3.05) is 17.6 Å². The molecule has 7 heteroatoms. The van der Waals surface area contributed by atoms with Gasteiger partial charge >= 0.3 is 0 Å². The fourth-order valence-corrected chi connectivity index (χ4v) is 2.21. The first-order valence-electron chi connectivity index (χ1n) is 6.02. The van der Waals surface area contributed by atoms with Crippen molar-refractivity contribution in [3.8, 4) is 17.1 Å². The average Bonchev–Trinajstić information content (AvgIpc) is 2.38. The number of ether oxygens (including phenoxy) is 1. The van der Waals surface area contributed by atoms with Gasteiger partial charge in [0.1, 0.15) is 0 Å². The van der Waals surface area contributed by atoms with Gasteiger partial charge in [-0.2, -0.15) is 0 Å². The third-order valence-corrected chi connectivity index (χ3v) is 3.00. The molecule has 106 valence electrons. The summed E-state index contributed by atoms with van der Waals surface area (Å²) in [5, 5.41) is 7.99. The molecule has 0 atom stereocenters. The van der Waals surface area contributed by atoms with Crippen LogP contribution in [0.15, 0.2) is 36.4 Å². The highest BCUT2D eigenvalue weighted by Gasteiger charge is 2.05. The zero-order valence-corrected chi connectivity index (χ0v) is 12.0. The van der Waals surface area contributed by atoms with Gasteiger partial charge in [0, 0.05) is 17.3 Å². The Morgan fingerprint density at radius 1 is 1.20 bits per heavy atom. The number of aromatic nitrogens is 2. The lowest BCUT2D eigenvalue weighted by Crippen LogP contribution is -2.09. The van der Waals surface area contributed by atoms with E-state index in [4.69, 9.17) is 4.74 Å². The minimum Gasteiger partial charge on any atom is -0.477 e. The van der Waals surface area contributed by atoms with Crippen molar-refractivity contribution >= 4 is 15.7 Å². The van der Waals surface area contributed by atoms with E-state index in [-0.39, 0.29) is 0 Å². The molecule has 0 amide bonds. The van der Waals surface area contributed by atoms with E-state index >= 15 is 0 Å². The molecule has 2 rings (SSSR count). The van der Waals surface area contributed by atoms with Gasteiger partial charge in [-0.15, -0.1) is 10.2 Å². The first kappa shape index (κ1) is 14.3. The van der Waals surface area contributed by atoms with Gasteiger partial charge in [-0.3, -0.25) is 4.72 Å². The van der Waals surface area contributed by atoms with Crippen LogP contribution in [-0.4, -0.2) is 31.5 Å². The minimum absolute atomic E-state index is 0.460. The van der Waals surface area contributed by atoms with E-state index in [2.05, 4.69) is 14.9 Å². The fourth-order valence-electron chi connectivity index (χ4n) is 1.65. The van der Waals surface area contributed by atoms with Gasteiger partial charge in [0.25, 0.3) is 0 Å². The van der Waals surface area contributed by atoms with Crippen LogP contribution in [-0.2, 0) is 10.0 Å². The van der Waals surface area contributed by atoms with Crippen molar-refractivity contribution < 1.29 is 13.2 Å². The van der Waals surface area contributed by atoms with Gasteiger partial charge in [0.15, 0.2) is 0 Å². The summed E-state index contributed by atoms with van der Waals surface area (Å²) in [6.45, 7) is 2.40. The molecule has 0 saturated heterocycles. The minimum atomic E-state index is -3.30. The topological polar surface area (TPSA) is 81.2 Å². The molecule has 0 spiro atoms. The number of sulfonamides is 1. The second kappa shape index (κ2) is 5.87. The molecule has 0 unspecified atom stereocenters. The van der Waals surface area contributed by atoms with E-state index in [1.807, 2.05) is 13.0 Å². The first-order chi connectivity index (χ1) is 9.48. The Balaban J connectivity index is 2.26. The Hall–Kier alpha value is -2.15. The Morgan fingerprint density at radius 2 is 2.00 bits per heavy atom. The standard InChI is InChI=1S/C13H15N3O3S/c1-3-19-13-8-7-12(14-15-13)10-5-4-6-11(9-10)16-20(2,17)18/h4-9,16H,3H2,1-2H3. The summed E-state index contributed by atoms with van der Waals surface area (Å²) in [7, 11) is -3.30. The summed E-state index contributed by atoms with van der Waals surface area (Å²) in [4.78, 5) is 0. The number of anilines is 1. The summed E-state index contributed by atoms with van der Waals surface area (Å²) < 4.78 is 30.1. The first-order valence-corrected chi connectivity index (χ1v) is 7.92. The van der Waals surface area contributed by atoms with E-state index < -0.39 is 10.0 Å². The molecule has 1 aromatic heterocycles. The fraction of sp³-hybridized carbons (Fsp3) is 0.231. The number of benzene rings is 1. The van der Waals surface area contributed by atoms with Crippen LogP contribution in [0.25, 0.3) is 11.3 Å². The molecule has 0 radical (unpaired) electrons. The van der Waals surface area contributed by atoms with Crippen molar-refractivity contribution in [3.05, 3.63) is 36.4 Å². The Kier molecular flexibility index (Phi) is 4.19. The van der Waals surface area contributed by atoms with Crippen LogP contribution in [0.1, 0.15) is 6.92 Å². The maximum atomic E-state index is 11.2. The molecule has 1 aromatic carbocycles. The molecule has 0 fully saturated rings. The van der Waals surface area contributed by atoms with Crippen molar-refractivity contribution in [2.24, 2.45) is 0 Å². The highest BCUT2D eigenvalue weighted by molar-refractivity contribution is 7.92. The summed E-state index contributed by atoms with van der Waals surface area (Å²) in [5.41, 5.74) is 1.90. The quantitative estimate of drug-likeness (QED) is 0.910. The molecular weight excluding hydrogens is 278 g/mol. The van der Waals surface area contributed by atoms with Crippen molar-refractivity contribution in [1.29, 1.82) is 0 Å². The summed E-state index contributed by atoms with van der Waals surface area (Å²) in [5.74, 6) is 0.460. The number of rotatable bonds is 5. The van der Waals surface area contributed by atoms with Crippen LogP contribution in [0.3, 0.4) is 0 Å². The normalized spacial score (nSPS) is 11.1. The van der Waals surface area contributed by atoms with Crippen LogP contribution in [0.5, 0.6) is 5.88 Å². The molecule has 2 aromatic rings. The highest BCUT2D eigenvalue weighted by Crippen LogP contribution is 2.21. The van der Waals surface area contributed by atoms with Crippen LogP contribution in [0.4, 0.5) is 5.69 Å². The van der Waals surface area contributed by atoms with Crippen molar-refractivity contribution in [1.82, 2.24) is 10.2 Å². The van der Waals surface area contributed by atoms with Crippen LogP contribution < -0.4 is 9.46 Å². The van der Waals surface area contributed by atoms with Gasteiger partial charge in [-0.05, 0) is 25.1 Å². The monoisotopic (exact) mass is 293 g/mol. The predicted octanol–water partition coefficient (Wildman–Crippen LogP) is 1.91. The van der Waals surface area contributed by atoms with E-state index in [0.717, 1.165) is 11.8 Å². The summed E-state index contributed by atoms with van der Waals surface area (Å²) >= 11 is 0. The summed E-state index contributed by atoms with van der Waals surface area (Å²) in [6.07, 6.45) is 1.11. The molecular formula is C13H15N3O3S.